The van der Waals surface area contributed by atoms with Crippen LogP contribution >= 0.6 is 0 Å². The fraction of sp³-hybridized carbons (Fsp3) is 0.933. The standard InChI is InChI=1S/C15H15F17O5Si/c1-34-38(35-2,36-3)6-4-5-37-7(33)8(16,17)9(18,19)10(20,21)11(22,23)12(24,25)13(26,27)14(28,29)15(30,31)32/h4-6H2,1-3H3. The lowest BCUT2D eigenvalue weighted by Crippen LogP contribution is -2.75. The van der Waals surface area contributed by atoms with E-state index in [1.54, 1.807) is 0 Å². The average molecular weight is 626 g/mol. The van der Waals surface area contributed by atoms with Crippen LogP contribution in [0.4, 0.5) is 74.6 Å². The Balaban J connectivity index is 6.21. The van der Waals surface area contributed by atoms with Crippen LogP contribution in [0, 0.1) is 0 Å². The Hall–Kier alpha value is -1.62. The third-order valence-corrected chi connectivity index (χ3v) is 7.60. The van der Waals surface area contributed by atoms with Gasteiger partial charge in [-0.1, -0.05) is 0 Å². The van der Waals surface area contributed by atoms with Gasteiger partial charge in [0.2, 0.25) is 0 Å². The molecule has 0 amide bonds. The molecule has 0 radical (unpaired) electrons. The van der Waals surface area contributed by atoms with Gasteiger partial charge in [0.25, 0.3) is 0 Å². The molecular formula is C15H15F17O5Si. The molecule has 0 saturated carbocycles. The number of carbonyl (C=O) groups is 1. The first kappa shape index (κ1) is 36.4. The maximum Gasteiger partial charge on any atom is 0.500 e. The first-order valence-corrected chi connectivity index (χ1v) is 11.0. The molecule has 5 nitrogen and oxygen atoms in total. The van der Waals surface area contributed by atoms with Crippen LogP contribution in [0.5, 0.6) is 0 Å². The molecule has 0 spiro atoms. The predicted molar refractivity (Wildman–Crippen MR) is 87.8 cm³/mol. The lowest BCUT2D eigenvalue weighted by Gasteiger charge is -2.42. The van der Waals surface area contributed by atoms with Gasteiger partial charge in [-0.25, -0.2) is 4.79 Å². The molecule has 0 aliphatic rings. The molecule has 0 aromatic rings. The number of hydrogen-bond donors (Lipinski definition) is 0. The molecule has 0 aromatic heterocycles. The van der Waals surface area contributed by atoms with Crippen LogP contribution < -0.4 is 0 Å². The minimum atomic E-state index is -8.78. The number of hydrogen-bond acceptors (Lipinski definition) is 5. The van der Waals surface area contributed by atoms with E-state index in [1.807, 2.05) is 0 Å². The van der Waals surface area contributed by atoms with Crippen LogP contribution in [0.3, 0.4) is 0 Å². The van der Waals surface area contributed by atoms with Crippen LogP contribution in [-0.2, 0) is 22.8 Å². The molecule has 0 bridgehead atoms. The Morgan fingerprint density at radius 1 is 0.553 bits per heavy atom. The van der Waals surface area contributed by atoms with Crippen molar-refractivity contribution in [1.29, 1.82) is 0 Å². The summed E-state index contributed by atoms with van der Waals surface area (Å²) in [4.78, 5) is 11.2. The smallest absolute Gasteiger partial charge is 0.461 e. The van der Waals surface area contributed by atoms with Gasteiger partial charge in [-0.3, -0.25) is 0 Å². The number of carbonyl (C=O) groups excluding carboxylic acids is 1. The fourth-order valence-corrected chi connectivity index (χ4v) is 4.08. The molecule has 0 saturated heterocycles. The second-order valence-electron chi connectivity index (χ2n) is 7.05. The lowest BCUT2D eigenvalue weighted by molar-refractivity contribution is -0.460. The minimum Gasteiger partial charge on any atom is -0.461 e. The van der Waals surface area contributed by atoms with Crippen LogP contribution in [0.15, 0.2) is 0 Å². The SMILES string of the molecule is CO[Si](CCCOC(=O)C(F)(F)C(F)(F)C(F)(F)C(F)(F)C(F)(F)C(F)(F)C(F)(F)C(F)(F)F)(OC)OC. The topological polar surface area (TPSA) is 54.0 Å². The van der Waals surface area contributed by atoms with Crippen molar-refractivity contribution in [2.24, 2.45) is 0 Å². The van der Waals surface area contributed by atoms with E-state index >= 15 is 0 Å². The van der Waals surface area contributed by atoms with Crippen molar-refractivity contribution in [3.8, 4) is 0 Å². The fourth-order valence-electron chi connectivity index (χ4n) is 2.39. The zero-order valence-electron chi connectivity index (χ0n) is 18.6. The van der Waals surface area contributed by atoms with E-state index in [2.05, 4.69) is 4.74 Å². The van der Waals surface area contributed by atoms with E-state index in [9.17, 15) is 79.4 Å². The Morgan fingerprint density at radius 3 is 1.18 bits per heavy atom. The average Bonchev–Trinajstić information content (AvgIpc) is 2.77. The second kappa shape index (κ2) is 10.7. The summed E-state index contributed by atoms with van der Waals surface area (Å²) in [5.41, 5.74) is 0. The zero-order valence-corrected chi connectivity index (χ0v) is 19.6. The van der Waals surface area contributed by atoms with E-state index < -0.39 is 81.5 Å². The van der Waals surface area contributed by atoms with Gasteiger partial charge in [0.05, 0.1) is 6.61 Å². The highest BCUT2D eigenvalue weighted by atomic mass is 28.4. The molecule has 0 rings (SSSR count). The number of esters is 1. The molecule has 0 atom stereocenters. The number of ether oxygens (including phenoxy) is 1. The van der Waals surface area contributed by atoms with Crippen LogP contribution in [0.25, 0.3) is 0 Å². The maximum absolute atomic E-state index is 13.7. The molecule has 0 heterocycles. The van der Waals surface area contributed by atoms with Crippen molar-refractivity contribution in [3.05, 3.63) is 0 Å². The highest BCUT2D eigenvalue weighted by molar-refractivity contribution is 6.60. The van der Waals surface area contributed by atoms with Gasteiger partial charge in [-0.2, -0.15) is 74.6 Å². The van der Waals surface area contributed by atoms with Crippen molar-refractivity contribution in [1.82, 2.24) is 0 Å². The van der Waals surface area contributed by atoms with E-state index in [4.69, 9.17) is 13.3 Å². The summed E-state index contributed by atoms with van der Waals surface area (Å²) < 4.78 is 242. The van der Waals surface area contributed by atoms with Gasteiger partial charge in [0, 0.05) is 27.4 Å². The van der Waals surface area contributed by atoms with Crippen LogP contribution in [0.2, 0.25) is 6.04 Å². The summed E-state index contributed by atoms with van der Waals surface area (Å²) in [6, 6.07) is -0.450. The normalized spacial score (nSPS) is 15.6. The second-order valence-corrected chi connectivity index (χ2v) is 10.1. The van der Waals surface area contributed by atoms with Crippen molar-refractivity contribution >= 4 is 14.8 Å². The van der Waals surface area contributed by atoms with Crippen molar-refractivity contribution in [2.75, 3.05) is 27.9 Å². The quantitative estimate of drug-likeness (QED) is 0.106. The number of halogens is 17. The zero-order chi connectivity index (χ0) is 31.0. The Labute approximate surface area is 201 Å². The molecule has 0 fully saturated rings. The third-order valence-electron chi connectivity index (χ3n) is 4.77. The first-order chi connectivity index (χ1) is 16.6. The summed E-state index contributed by atoms with van der Waals surface area (Å²) in [5, 5.41) is 0. The predicted octanol–water partition coefficient (Wildman–Crippen LogP) is 5.81. The largest absolute Gasteiger partial charge is 0.500 e. The molecule has 0 aliphatic heterocycles. The molecule has 228 valence electrons. The molecule has 38 heavy (non-hydrogen) atoms. The van der Waals surface area contributed by atoms with E-state index in [0.717, 1.165) is 21.3 Å². The molecule has 0 unspecified atom stereocenters. The monoisotopic (exact) mass is 626 g/mol. The van der Waals surface area contributed by atoms with Gasteiger partial charge >= 0.3 is 62.4 Å². The van der Waals surface area contributed by atoms with Gasteiger partial charge in [0.15, 0.2) is 0 Å². The highest BCUT2D eigenvalue weighted by Gasteiger charge is 2.95. The number of alkyl halides is 17. The van der Waals surface area contributed by atoms with Gasteiger partial charge in [-0.05, 0) is 6.42 Å². The molecule has 23 heteroatoms. The highest BCUT2D eigenvalue weighted by Crippen LogP contribution is 2.64. The minimum absolute atomic E-state index is 0.450. The number of rotatable bonds is 14. The van der Waals surface area contributed by atoms with Crippen molar-refractivity contribution in [2.45, 2.75) is 60.1 Å². The lowest BCUT2D eigenvalue weighted by atomic mass is 9.89. The van der Waals surface area contributed by atoms with Gasteiger partial charge in [0.1, 0.15) is 0 Å². The Bertz CT molecular complexity index is 817. The molecule has 0 N–H and O–H groups in total. The molecule has 0 aromatic carbocycles. The Kier molecular flexibility index (Phi) is 10.3. The third kappa shape index (κ3) is 5.38. The maximum atomic E-state index is 13.7. The van der Waals surface area contributed by atoms with Crippen molar-refractivity contribution in [3.63, 3.8) is 0 Å². The molecule has 0 aliphatic carbocycles. The summed E-state index contributed by atoms with van der Waals surface area (Å²) in [5.74, 6) is -62.3. The van der Waals surface area contributed by atoms with E-state index in [-0.39, 0.29) is 0 Å². The first-order valence-electron chi connectivity index (χ1n) is 9.10. The summed E-state index contributed by atoms with van der Waals surface area (Å²) in [6.07, 6.45) is -8.55. The van der Waals surface area contributed by atoms with Gasteiger partial charge < -0.3 is 18.0 Å². The van der Waals surface area contributed by atoms with Crippen molar-refractivity contribution < 1.29 is 97.4 Å². The summed E-state index contributed by atoms with van der Waals surface area (Å²) in [7, 11) is -0.518. The Morgan fingerprint density at radius 2 is 0.868 bits per heavy atom. The van der Waals surface area contributed by atoms with Crippen LogP contribution in [-0.4, -0.2) is 90.3 Å². The summed E-state index contributed by atoms with van der Waals surface area (Å²) >= 11 is 0. The van der Waals surface area contributed by atoms with Crippen LogP contribution in [0.1, 0.15) is 6.42 Å². The van der Waals surface area contributed by atoms with E-state index in [0.29, 0.717) is 0 Å². The molecular weight excluding hydrogens is 611 g/mol. The van der Waals surface area contributed by atoms with Gasteiger partial charge in [-0.15, -0.1) is 0 Å². The summed E-state index contributed by atoms with van der Waals surface area (Å²) in [6.45, 7) is -1.43. The van der Waals surface area contributed by atoms with E-state index in [1.165, 1.54) is 0 Å².